The van der Waals surface area contributed by atoms with Crippen LogP contribution in [0, 0.1) is 0 Å². The molecule has 0 spiro atoms. The van der Waals surface area contributed by atoms with Crippen LogP contribution in [0.15, 0.2) is 42.7 Å². The van der Waals surface area contributed by atoms with Gasteiger partial charge in [0.1, 0.15) is 5.75 Å². The predicted octanol–water partition coefficient (Wildman–Crippen LogP) is 2.24. The number of pyridine rings is 1. The third-order valence-corrected chi connectivity index (χ3v) is 2.88. The Labute approximate surface area is 117 Å². The van der Waals surface area contributed by atoms with Crippen molar-refractivity contribution in [3.63, 3.8) is 0 Å². The zero-order chi connectivity index (χ0) is 14.4. The Morgan fingerprint density at radius 3 is 2.90 bits per heavy atom. The summed E-state index contributed by atoms with van der Waals surface area (Å²) in [5, 5.41) is 2.79. The van der Waals surface area contributed by atoms with Gasteiger partial charge in [-0.25, -0.2) is 0 Å². The summed E-state index contributed by atoms with van der Waals surface area (Å²) >= 11 is 0. The molecule has 0 bridgehead atoms. The second kappa shape index (κ2) is 6.56. The van der Waals surface area contributed by atoms with Gasteiger partial charge in [-0.1, -0.05) is 6.07 Å². The number of aryl methyl sites for hydroxylation is 1. The first-order valence-electron chi connectivity index (χ1n) is 6.31. The first kappa shape index (κ1) is 13.9. The molecule has 1 heterocycles. The molecule has 0 atom stereocenters. The van der Waals surface area contributed by atoms with Gasteiger partial charge in [0.25, 0.3) is 0 Å². The van der Waals surface area contributed by atoms with Crippen LogP contribution in [0.3, 0.4) is 0 Å². The molecule has 5 nitrogen and oxygen atoms in total. The lowest BCUT2D eigenvalue weighted by molar-refractivity contribution is -0.116. The number of benzene rings is 1. The second-order valence-electron chi connectivity index (χ2n) is 4.37. The second-order valence-corrected chi connectivity index (χ2v) is 4.37. The number of ether oxygens (including phenoxy) is 1. The number of nitrogens with zero attached hydrogens (tertiary/aromatic N) is 1. The largest absolute Gasteiger partial charge is 0.495 e. The summed E-state index contributed by atoms with van der Waals surface area (Å²) in [5.41, 5.74) is 8.11. The number of hydrogen-bond acceptors (Lipinski definition) is 4. The molecule has 2 rings (SSSR count). The number of nitrogen functional groups attached to an aromatic ring is 1. The van der Waals surface area contributed by atoms with Gasteiger partial charge >= 0.3 is 0 Å². The van der Waals surface area contributed by atoms with E-state index in [2.05, 4.69) is 10.3 Å². The lowest BCUT2D eigenvalue weighted by Gasteiger charge is -2.07. The zero-order valence-electron chi connectivity index (χ0n) is 11.3. The van der Waals surface area contributed by atoms with Gasteiger partial charge in [0.2, 0.25) is 5.91 Å². The van der Waals surface area contributed by atoms with E-state index in [4.69, 9.17) is 10.5 Å². The van der Waals surface area contributed by atoms with Crippen LogP contribution in [-0.2, 0) is 11.2 Å². The van der Waals surface area contributed by atoms with Crippen molar-refractivity contribution in [2.75, 3.05) is 18.2 Å². The molecule has 0 aliphatic heterocycles. The fraction of sp³-hybridized carbons (Fsp3) is 0.200. The maximum atomic E-state index is 11.8. The van der Waals surface area contributed by atoms with Gasteiger partial charge in [0.15, 0.2) is 0 Å². The predicted molar refractivity (Wildman–Crippen MR) is 78.6 cm³/mol. The maximum absolute atomic E-state index is 11.8. The molecule has 1 aromatic carbocycles. The summed E-state index contributed by atoms with van der Waals surface area (Å²) in [6.45, 7) is 0. The molecular formula is C15H17N3O2. The van der Waals surface area contributed by atoms with E-state index >= 15 is 0 Å². The molecule has 104 valence electrons. The highest BCUT2D eigenvalue weighted by Crippen LogP contribution is 2.22. The molecule has 2 aromatic rings. The summed E-state index contributed by atoms with van der Waals surface area (Å²) in [7, 11) is 1.58. The number of carbonyl (C=O) groups excluding carboxylic acids is 1. The number of anilines is 2. The van der Waals surface area contributed by atoms with Gasteiger partial charge in [0.05, 0.1) is 24.7 Å². The smallest absolute Gasteiger partial charge is 0.224 e. The number of methoxy groups -OCH3 is 1. The number of aromatic nitrogens is 1. The summed E-state index contributed by atoms with van der Waals surface area (Å²) < 4.78 is 5.09. The Morgan fingerprint density at radius 2 is 2.25 bits per heavy atom. The van der Waals surface area contributed by atoms with Crippen LogP contribution >= 0.6 is 0 Å². The maximum Gasteiger partial charge on any atom is 0.224 e. The summed E-state index contributed by atoms with van der Waals surface area (Å²) in [5.74, 6) is 0.598. The minimum Gasteiger partial charge on any atom is -0.495 e. The molecule has 0 unspecified atom stereocenters. The third-order valence-electron chi connectivity index (χ3n) is 2.88. The average molecular weight is 271 g/mol. The Hall–Kier alpha value is -2.56. The van der Waals surface area contributed by atoms with Crippen molar-refractivity contribution in [1.82, 2.24) is 4.98 Å². The molecule has 5 heteroatoms. The molecule has 0 aliphatic carbocycles. The summed E-state index contributed by atoms with van der Waals surface area (Å²) in [6, 6.07) is 9.13. The van der Waals surface area contributed by atoms with E-state index in [1.165, 1.54) is 0 Å². The number of amides is 1. The summed E-state index contributed by atoms with van der Waals surface area (Å²) in [6.07, 6.45) is 4.29. The van der Waals surface area contributed by atoms with Gasteiger partial charge < -0.3 is 15.8 Å². The lowest BCUT2D eigenvalue weighted by atomic mass is 10.1. The SMILES string of the molecule is COc1ccc(CCC(=O)Nc2cccnc2)cc1N. The van der Waals surface area contributed by atoms with Crippen LogP contribution < -0.4 is 15.8 Å². The molecule has 1 amide bonds. The van der Waals surface area contributed by atoms with Crippen molar-refractivity contribution in [2.45, 2.75) is 12.8 Å². The molecule has 0 saturated carbocycles. The van der Waals surface area contributed by atoms with E-state index < -0.39 is 0 Å². The van der Waals surface area contributed by atoms with Crippen molar-refractivity contribution >= 4 is 17.3 Å². The van der Waals surface area contributed by atoms with Gasteiger partial charge in [-0.2, -0.15) is 0 Å². The lowest BCUT2D eigenvalue weighted by Crippen LogP contribution is -2.12. The van der Waals surface area contributed by atoms with E-state index in [9.17, 15) is 4.79 Å². The number of nitrogens with two attached hydrogens (primary N) is 1. The Morgan fingerprint density at radius 1 is 1.40 bits per heavy atom. The average Bonchev–Trinajstić information content (AvgIpc) is 2.46. The van der Waals surface area contributed by atoms with E-state index in [0.29, 0.717) is 30.0 Å². The van der Waals surface area contributed by atoms with Crippen molar-refractivity contribution in [3.8, 4) is 5.75 Å². The van der Waals surface area contributed by atoms with Crippen LogP contribution in [0.4, 0.5) is 11.4 Å². The highest BCUT2D eigenvalue weighted by molar-refractivity contribution is 5.90. The number of carbonyl (C=O) groups is 1. The molecule has 0 radical (unpaired) electrons. The normalized spacial score (nSPS) is 10.1. The van der Waals surface area contributed by atoms with Crippen molar-refractivity contribution in [3.05, 3.63) is 48.3 Å². The first-order valence-corrected chi connectivity index (χ1v) is 6.31. The van der Waals surface area contributed by atoms with E-state index in [1.54, 1.807) is 31.6 Å². The minimum absolute atomic E-state index is 0.0487. The Bertz CT molecular complexity index is 585. The Balaban J connectivity index is 1.89. The minimum atomic E-state index is -0.0487. The summed E-state index contributed by atoms with van der Waals surface area (Å²) in [4.78, 5) is 15.7. The van der Waals surface area contributed by atoms with Crippen LogP contribution in [0.2, 0.25) is 0 Å². The molecular weight excluding hydrogens is 254 g/mol. The molecule has 1 aromatic heterocycles. The Kier molecular flexibility index (Phi) is 4.55. The first-order chi connectivity index (χ1) is 9.69. The topological polar surface area (TPSA) is 77.2 Å². The van der Waals surface area contributed by atoms with Crippen molar-refractivity contribution in [1.29, 1.82) is 0 Å². The third kappa shape index (κ3) is 3.71. The van der Waals surface area contributed by atoms with E-state index in [0.717, 1.165) is 5.56 Å². The van der Waals surface area contributed by atoms with E-state index in [-0.39, 0.29) is 5.91 Å². The highest BCUT2D eigenvalue weighted by Gasteiger charge is 2.05. The molecule has 3 N–H and O–H groups in total. The van der Waals surface area contributed by atoms with Gasteiger partial charge in [-0.05, 0) is 36.2 Å². The number of nitrogens with one attached hydrogen (secondary N) is 1. The van der Waals surface area contributed by atoms with Gasteiger partial charge in [-0.3, -0.25) is 9.78 Å². The molecule has 20 heavy (non-hydrogen) atoms. The van der Waals surface area contributed by atoms with Crippen molar-refractivity contribution in [2.24, 2.45) is 0 Å². The van der Waals surface area contributed by atoms with E-state index in [1.807, 2.05) is 18.2 Å². The highest BCUT2D eigenvalue weighted by atomic mass is 16.5. The standard InChI is InChI=1S/C15H17N3O2/c1-20-14-6-4-11(9-13(14)16)5-7-15(19)18-12-3-2-8-17-10-12/h2-4,6,8-10H,5,7,16H2,1H3,(H,18,19). The van der Waals surface area contributed by atoms with Crippen LogP contribution in [0.25, 0.3) is 0 Å². The van der Waals surface area contributed by atoms with Crippen LogP contribution in [0.5, 0.6) is 5.75 Å². The van der Waals surface area contributed by atoms with Gasteiger partial charge in [0, 0.05) is 12.6 Å². The molecule has 0 fully saturated rings. The number of rotatable bonds is 5. The van der Waals surface area contributed by atoms with Gasteiger partial charge in [-0.15, -0.1) is 0 Å². The van der Waals surface area contributed by atoms with Crippen LogP contribution in [-0.4, -0.2) is 18.0 Å². The fourth-order valence-electron chi connectivity index (χ4n) is 1.86. The van der Waals surface area contributed by atoms with Crippen molar-refractivity contribution < 1.29 is 9.53 Å². The fourth-order valence-corrected chi connectivity index (χ4v) is 1.86. The zero-order valence-corrected chi connectivity index (χ0v) is 11.3. The monoisotopic (exact) mass is 271 g/mol. The molecule has 0 aliphatic rings. The molecule has 0 saturated heterocycles. The number of hydrogen-bond donors (Lipinski definition) is 2. The van der Waals surface area contributed by atoms with Crippen LogP contribution in [0.1, 0.15) is 12.0 Å². The quantitative estimate of drug-likeness (QED) is 0.818.